The topological polar surface area (TPSA) is 4.93 Å². The molecule has 0 aliphatic carbocycles. The van der Waals surface area contributed by atoms with Gasteiger partial charge in [-0.05, 0) is 72.5 Å². The van der Waals surface area contributed by atoms with Crippen molar-refractivity contribution in [3.8, 4) is 50.5 Å². The van der Waals surface area contributed by atoms with Gasteiger partial charge in [0.1, 0.15) is 0 Å². The van der Waals surface area contributed by atoms with E-state index in [1.165, 1.54) is 44.8 Å². The Bertz CT molecular complexity index is 1620. The van der Waals surface area contributed by atoms with Gasteiger partial charge in [0, 0.05) is 25.8 Å². The third-order valence-corrected chi connectivity index (χ3v) is 8.16. The largest absolute Gasteiger partial charge is 0.308 e. The lowest BCUT2D eigenvalue weighted by Gasteiger charge is -2.16. The van der Waals surface area contributed by atoms with E-state index in [1.807, 2.05) is 0 Å². The minimum Gasteiger partial charge on any atom is -0.308 e. The number of aromatic nitrogens is 1. The van der Waals surface area contributed by atoms with E-state index in [0.717, 1.165) is 25.8 Å². The molecule has 1 nitrogen and oxygen atoms in total. The smallest absolute Gasteiger partial charge is 0.0619 e. The fourth-order valence-corrected chi connectivity index (χ4v) is 5.70. The van der Waals surface area contributed by atoms with Crippen molar-refractivity contribution in [3.05, 3.63) is 147 Å². The lowest BCUT2D eigenvalue weighted by atomic mass is 9.91. The lowest BCUT2D eigenvalue weighted by Crippen LogP contribution is -2.00. The van der Waals surface area contributed by atoms with E-state index in [-0.39, 0.29) is 0 Å². The maximum absolute atomic E-state index is 3.65. The van der Waals surface area contributed by atoms with Gasteiger partial charge in [0.25, 0.3) is 0 Å². The van der Waals surface area contributed by atoms with Crippen LogP contribution in [0.2, 0.25) is 0 Å². The summed E-state index contributed by atoms with van der Waals surface area (Å²) >= 11 is 7.30. The Morgan fingerprint density at radius 2 is 0.769 bits per heavy atom. The van der Waals surface area contributed by atoms with Gasteiger partial charge in [0.15, 0.2) is 0 Å². The van der Waals surface area contributed by atoms with Crippen molar-refractivity contribution in [2.75, 3.05) is 0 Å². The molecular formula is C36H27Br2N. The second kappa shape index (κ2) is 10.8. The Hall–Kier alpha value is -3.66. The van der Waals surface area contributed by atoms with Crippen LogP contribution in [-0.2, 0) is 0 Å². The standard InChI is InChI=1S/C36H27Br2N/c1-24-8-12-26(13-9-24)33-34(27-14-10-25(2)11-15-27)36(29-18-22-31(38)23-19-29)39(32-6-4-3-5-7-32)35(33)28-16-20-30(37)21-17-28/h3-23H,1-2H3. The van der Waals surface area contributed by atoms with Crippen LogP contribution in [0.1, 0.15) is 11.1 Å². The number of aryl methyl sites for hydroxylation is 2. The van der Waals surface area contributed by atoms with Gasteiger partial charge >= 0.3 is 0 Å². The molecule has 1 heterocycles. The monoisotopic (exact) mass is 631 g/mol. The second-order valence-electron chi connectivity index (χ2n) is 9.86. The third-order valence-electron chi connectivity index (χ3n) is 7.10. The summed E-state index contributed by atoms with van der Waals surface area (Å²) in [6.45, 7) is 4.28. The molecule has 0 atom stereocenters. The van der Waals surface area contributed by atoms with Gasteiger partial charge in [-0.15, -0.1) is 0 Å². The van der Waals surface area contributed by atoms with Crippen molar-refractivity contribution in [2.24, 2.45) is 0 Å². The van der Waals surface area contributed by atoms with E-state index < -0.39 is 0 Å². The highest BCUT2D eigenvalue weighted by Gasteiger charge is 2.27. The first-order valence-electron chi connectivity index (χ1n) is 13.0. The normalized spacial score (nSPS) is 11.1. The number of hydrogen-bond donors (Lipinski definition) is 0. The highest BCUT2D eigenvalue weighted by atomic mass is 79.9. The summed E-state index contributed by atoms with van der Waals surface area (Å²) in [7, 11) is 0. The van der Waals surface area contributed by atoms with Crippen molar-refractivity contribution in [2.45, 2.75) is 13.8 Å². The minimum absolute atomic E-state index is 1.06. The summed E-state index contributed by atoms with van der Waals surface area (Å²) < 4.78 is 4.57. The van der Waals surface area contributed by atoms with Crippen LogP contribution in [0.4, 0.5) is 0 Å². The summed E-state index contributed by atoms with van der Waals surface area (Å²) in [5, 5.41) is 0. The molecule has 0 unspecified atom stereocenters. The molecule has 6 rings (SSSR count). The van der Waals surface area contributed by atoms with E-state index in [0.29, 0.717) is 0 Å². The number of halogens is 2. The second-order valence-corrected chi connectivity index (χ2v) is 11.7. The molecule has 0 fully saturated rings. The molecule has 1 aromatic heterocycles. The molecule has 0 amide bonds. The predicted octanol–water partition coefficient (Wildman–Crippen LogP) is 11.3. The van der Waals surface area contributed by atoms with Gasteiger partial charge in [-0.2, -0.15) is 0 Å². The molecule has 0 saturated carbocycles. The maximum Gasteiger partial charge on any atom is 0.0619 e. The Morgan fingerprint density at radius 1 is 0.410 bits per heavy atom. The first-order valence-corrected chi connectivity index (χ1v) is 14.6. The minimum atomic E-state index is 1.06. The number of hydrogen-bond acceptors (Lipinski definition) is 0. The molecular weight excluding hydrogens is 606 g/mol. The summed E-state index contributed by atoms with van der Waals surface area (Å²) in [5.74, 6) is 0. The number of para-hydroxylation sites is 1. The predicted molar refractivity (Wildman–Crippen MR) is 172 cm³/mol. The quantitative estimate of drug-likeness (QED) is 0.178. The Balaban J connectivity index is 1.84. The van der Waals surface area contributed by atoms with Crippen LogP contribution in [0, 0.1) is 13.8 Å². The summed E-state index contributed by atoms with van der Waals surface area (Å²) in [5.41, 5.74) is 13.1. The Morgan fingerprint density at radius 3 is 1.15 bits per heavy atom. The van der Waals surface area contributed by atoms with Crippen molar-refractivity contribution in [1.29, 1.82) is 0 Å². The van der Waals surface area contributed by atoms with Crippen molar-refractivity contribution < 1.29 is 0 Å². The zero-order chi connectivity index (χ0) is 26.9. The van der Waals surface area contributed by atoms with Crippen LogP contribution in [0.5, 0.6) is 0 Å². The van der Waals surface area contributed by atoms with Gasteiger partial charge in [-0.1, -0.05) is 134 Å². The maximum atomic E-state index is 3.65. The zero-order valence-corrected chi connectivity index (χ0v) is 25.0. The average Bonchev–Trinajstić information content (AvgIpc) is 3.31. The fourth-order valence-electron chi connectivity index (χ4n) is 5.17. The lowest BCUT2D eigenvalue weighted by molar-refractivity contribution is 1.10. The number of nitrogens with zero attached hydrogens (tertiary/aromatic N) is 1. The molecule has 0 spiro atoms. The molecule has 0 saturated heterocycles. The highest BCUT2D eigenvalue weighted by Crippen LogP contribution is 2.50. The number of benzene rings is 5. The van der Waals surface area contributed by atoms with Crippen LogP contribution < -0.4 is 0 Å². The molecule has 3 heteroatoms. The SMILES string of the molecule is Cc1ccc(-c2c(-c3ccc(C)cc3)c(-c3ccc(Br)cc3)n(-c3ccccc3)c2-c2ccc(Br)cc2)cc1. The molecule has 6 aromatic rings. The van der Waals surface area contributed by atoms with Gasteiger partial charge in [-0.3, -0.25) is 0 Å². The summed E-state index contributed by atoms with van der Waals surface area (Å²) in [6, 6.07) is 45.9. The fraction of sp³-hybridized carbons (Fsp3) is 0.0556. The van der Waals surface area contributed by atoms with Crippen molar-refractivity contribution >= 4 is 31.9 Å². The molecule has 39 heavy (non-hydrogen) atoms. The highest BCUT2D eigenvalue weighted by molar-refractivity contribution is 9.10. The van der Waals surface area contributed by atoms with E-state index in [2.05, 4.69) is 178 Å². The van der Waals surface area contributed by atoms with E-state index in [1.54, 1.807) is 0 Å². The van der Waals surface area contributed by atoms with Crippen LogP contribution in [0.3, 0.4) is 0 Å². The van der Waals surface area contributed by atoms with Crippen LogP contribution in [0.15, 0.2) is 136 Å². The van der Waals surface area contributed by atoms with E-state index in [4.69, 9.17) is 0 Å². The molecule has 0 N–H and O–H groups in total. The average molecular weight is 633 g/mol. The molecule has 0 radical (unpaired) electrons. The Kier molecular flexibility index (Phi) is 7.12. The van der Waals surface area contributed by atoms with Crippen LogP contribution in [0.25, 0.3) is 50.5 Å². The van der Waals surface area contributed by atoms with Crippen LogP contribution in [-0.4, -0.2) is 4.57 Å². The van der Waals surface area contributed by atoms with Gasteiger partial charge in [-0.25, -0.2) is 0 Å². The van der Waals surface area contributed by atoms with Gasteiger partial charge < -0.3 is 4.57 Å². The molecule has 0 bridgehead atoms. The molecule has 0 aliphatic rings. The zero-order valence-electron chi connectivity index (χ0n) is 21.8. The molecule has 0 aliphatic heterocycles. The first kappa shape index (κ1) is 25.6. The number of rotatable bonds is 5. The van der Waals surface area contributed by atoms with Crippen molar-refractivity contribution in [1.82, 2.24) is 4.57 Å². The van der Waals surface area contributed by atoms with Crippen molar-refractivity contribution in [3.63, 3.8) is 0 Å². The van der Waals surface area contributed by atoms with Gasteiger partial charge in [0.05, 0.1) is 11.4 Å². The van der Waals surface area contributed by atoms with E-state index in [9.17, 15) is 0 Å². The molecule has 5 aromatic carbocycles. The summed E-state index contributed by atoms with van der Waals surface area (Å²) in [4.78, 5) is 0. The Labute approximate surface area is 247 Å². The van der Waals surface area contributed by atoms with Gasteiger partial charge in [0.2, 0.25) is 0 Å². The first-order chi connectivity index (χ1) is 19.0. The third kappa shape index (κ3) is 5.05. The molecule has 190 valence electrons. The van der Waals surface area contributed by atoms with Crippen LogP contribution >= 0.6 is 31.9 Å². The van der Waals surface area contributed by atoms with E-state index >= 15 is 0 Å². The summed E-state index contributed by atoms with van der Waals surface area (Å²) in [6.07, 6.45) is 0.